The fourth-order valence-electron chi connectivity index (χ4n) is 1.75. The van der Waals surface area contributed by atoms with Crippen LogP contribution in [0.25, 0.3) is 11.6 Å². The smallest absolute Gasteiger partial charge is 0.215 e. The summed E-state index contributed by atoms with van der Waals surface area (Å²) < 4.78 is 0.354. The molecule has 5 nitrogen and oxygen atoms in total. The Morgan fingerprint density at radius 1 is 1.39 bits per heavy atom. The summed E-state index contributed by atoms with van der Waals surface area (Å²) in [6.07, 6.45) is 4.96. The number of hydrogen-bond acceptors (Lipinski definition) is 4. The summed E-state index contributed by atoms with van der Waals surface area (Å²) in [6, 6.07) is 1.70. The van der Waals surface area contributed by atoms with Crippen LogP contribution in [0.1, 0.15) is 11.3 Å². The zero-order valence-corrected chi connectivity index (χ0v) is 10.5. The van der Waals surface area contributed by atoms with Crippen LogP contribution in [0.3, 0.4) is 0 Å². The van der Waals surface area contributed by atoms with E-state index < -0.39 is 0 Å². The minimum absolute atomic E-state index is 0.0191. The van der Waals surface area contributed by atoms with E-state index in [1.165, 1.54) is 0 Å². The number of halogens is 1. The van der Waals surface area contributed by atoms with Gasteiger partial charge in [-0.15, -0.1) is 0 Å². The van der Waals surface area contributed by atoms with Gasteiger partial charge in [0.1, 0.15) is 5.69 Å². The predicted molar refractivity (Wildman–Crippen MR) is 72.9 cm³/mol. The zero-order chi connectivity index (χ0) is 12.7. The molecule has 0 aromatic carbocycles. The van der Waals surface area contributed by atoms with Crippen LogP contribution in [0.15, 0.2) is 17.3 Å². The lowest BCUT2D eigenvalue weighted by molar-refractivity contribution is 0.455. The Morgan fingerprint density at radius 2 is 2.22 bits per heavy atom. The molecule has 0 saturated heterocycles. The molecule has 18 heavy (non-hydrogen) atoms. The molecule has 0 amide bonds. The standard InChI is InChI=1S/C11H7ClN4OS/c12-6-1-2-13-9-8(6)5(4-14-9)3-7-10(17)16-11(18)15-7/h1-4,17H,(H2,15,16,18)/b5-3+. The quantitative estimate of drug-likeness (QED) is 0.702. The third-order valence-corrected chi connectivity index (χ3v) is 3.05. The van der Waals surface area contributed by atoms with Crippen LogP contribution in [-0.2, 0) is 0 Å². The first kappa shape index (κ1) is 11.2. The van der Waals surface area contributed by atoms with Crippen molar-refractivity contribution in [3.05, 3.63) is 33.3 Å². The number of hydrogen-bond donors (Lipinski definition) is 3. The molecule has 0 saturated carbocycles. The van der Waals surface area contributed by atoms with Crippen molar-refractivity contribution >= 4 is 47.5 Å². The van der Waals surface area contributed by atoms with Gasteiger partial charge < -0.3 is 15.1 Å². The summed E-state index contributed by atoms with van der Waals surface area (Å²) in [5.41, 5.74) is 2.00. The van der Waals surface area contributed by atoms with Crippen molar-refractivity contribution in [3.8, 4) is 5.88 Å². The number of fused-ring (bicyclic) bond motifs is 1. The van der Waals surface area contributed by atoms with Crippen molar-refractivity contribution in [2.24, 2.45) is 4.99 Å². The van der Waals surface area contributed by atoms with Gasteiger partial charge in [-0.2, -0.15) is 0 Å². The lowest BCUT2D eigenvalue weighted by atomic mass is 10.1. The molecule has 7 heteroatoms. The number of nitrogens with one attached hydrogen (secondary N) is 2. The van der Waals surface area contributed by atoms with Crippen molar-refractivity contribution in [3.63, 3.8) is 0 Å². The van der Waals surface area contributed by atoms with E-state index in [1.807, 2.05) is 0 Å². The van der Waals surface area contributed by atoms with Gasteiger partial charge in [0.25, 0.3) is 0 Å². The van der Waals surface area contributed by atoms with Crippen LogP contribution in [0.4, 0.5) is 5.82 Å². The Morgan fingerprint density at radius 3 is 2.94 bits per heavy atom. The van der Waals surface area contributed by atoms with Crippen molar-refractivity contribution in [2.75, 3.05) is 0 Å². The van der Waals surface area contributed by atoms with E-state index >= 15 is 0 Å². The largest absolute Gasteiger partial charge is 0.493 e. The van der Waals surface area contributed by atoms with Gasteiger partial charge in [-0.05, 0) is 24.4 Å². The van der Waals surface area contributed by atoms with Crippen LogP contribution in [0.2, 0.25) is 5.02 Å². The maximum absolute atomic E-state index is 9.62. The highest BCUT2D eigenvalue weighted by molar-refractivity contribution is 7.71. The summed E-state index contributed by atoms with van der Waals surface area (Å²) in [7, 11) is 0. The minimum Gasteiger partial charge on any atom is -0.493 e. The number of pyridine rings is 1. The number of aromatic nitrogens is 3. The first-order chi connectivity index (χ1) is 8.65. The van der Waals surface area contributed by atoms with E-state index in [0.717, 1.165) is 11.1 Å². The molecule has 3 rings (SSSR count). The molecule has 2 aromatic heterocycles. The van der Waals surface area contributed by atoms with E-state index in [-0.39, 0.29) is 5.88 Å². The molecular weight excluding hydrogens is 272 g/mol. The van der Waals surface area contributed by atoms with Crippen molar-refractivity contribution in [1.82, 2.24) is 15.0 Å². The average molecular weight is 279 g/mol. The molecule has 0 aliphatic carbocycles. The molecule has 0 atom stereocenters. The third kappa shape index (κ3) is 1.75. The molecular formula is C11H7ClN4OS. The Balaban J connectivity index is 2.15. The molecule has 0 fully saturated rings. The maximum Gasteiger partial charge on any atom is 0.215 e. The van der Waals surface area contributed by atoms with Crippen molar-refractivity contribution < 1.29 is 5.11 Å². The Labute approximate surface area is 112 Å². The first-order valence-corrected chi connectivity index (χ1v) is 5.85. The second-order valence-electron chi connectivity index (χ2n) is 3.69. The fourth-order valence-corrected chi connectivity index (χ4v) is 2.20. The summed E-state index contributed by atoms with van der Waals surface area (Å²) in [4.78, 5) is 13.7. The number of aliphatic imine (C=N–C) groups is 1. The lowest BCUT2D eigenvalue weighted by Gasteiger charge is -2.01. The van der Waals surface area contributed by atoms with E-state index in [0.29, 0.717) is 21.3 Å². The van der Waals surface area contributed by atoms with Gasteiger partial charge in [-0.25, -0.2) is 9.98 Å². The summed E-state index contributed by atoms with van der Waals surface area (Å²) >= 11 is 11.0. The Hall–Kier alpha value is -1.92. The summed E-state index contributed by atoms with van der Waals surface area (Å²) in [5, 5.41) is 10.2. The van der Waals surface area contributed by atoms with Crippen LogP contribution >= 0.6 is 23.8 Å². The van der Waals surface area contributed by atoms with Gasteiger partial charge in [0.05, 0.1) is 5.02 Å². The van der Waals surface area contributed by atoms with Crippen LogP contribution < -0.4 is 0 Å². The highest BCUT2D eigenvalue weighted by Gasteiger charge is 2.17. The van der Waals surface area contributed by atoms with Gasteiger partial charge in [-0.1, -0.05) is 11.6 Å². The second kappa shape index (κ2) is 4.08. The number of aromatic amines is 2. The van der Waals surface area contributed by atoms with Crippen LogP contribution in [0, 0.1) is 4.77 Å². The minimum atomic E-state index is -0.0191. The second-order valence-corrected chi connectivity index (χ2v) is 4.51. The first-order valence-electron chi connectivity index (χ1n) is 5.07. The topological polar surface area (TPSA) is 77.1 Å². The number of rotatable bonds is 1. The number of nitrogens with zero attached hydrogens (tertiary/aromatic N) is 2. The molecule has 0 bridgehead atoms. The molecule has 90 valence electrons. The number of H-pyrrole nitrogens is 2. The lowest BCUT2D eigenvalue weighted by Crippen LogP contribution is -1.84. The third-order valence-electron chi connectivity index (χ3n) is 2.53. The van der Waals surface area contributed by atoms with Crippen molar-refractivity contribution in [1.29, 1.82) is 0 Å². The molecule has 0 spiro atoms. The fraction of sp³-hybridized carbons (Fsp3) is 0. The summed E-state index contributed by atoms with van der Waals surface area (Å²) in [5.74, 6) is 0.553. The molecule has 3 N–H and O–H groups in total. The number of imidazole rings is 1. The maximum atomic E-state index is 9.62. The van der Waals surface area contributed by atoms with E-state index in [2.05, 4.69) is 19.9 Å². The van der Waals surface area contributed by atoms with E-state index in [1.54, 1.807) is 24.6 Å². The van der Waals surface area contributed by atoms with Gasteiger partial charge in [0.2, 0.25) is 5.88 Å². The van der Waals surface area contributed by atoms with E-state index in [9.17, 15) is 5.11 Å². The van der Waals surface area contributed by atoms with Gasteiger partial charge >= 0.3 is 0 Å². The van der Waals surface area contributed by atoms with Crippen LogP contribution in [0.5, 0.6) is 5.88 Å². The molecule has 1 aliphatic heterocycles. The molecule has 3 heterocycles. The number of aromatic hydroxyl groups is 1. The number of allylic oxidation sites excluding steroid dienone is 1. The zero-order valence-electron chi connectivity index (χ0n) is 8.94. The summed E-state index contributed by atoms with van der Waals surface area (Å²) in [6.45, 7) is 0. The van der Waals surface area contributed by atoms with Gasteiger partial charge in [0, 0.05) is 23.5 Å². The van der Waals surface area contributed by atoms with Gasteiger partial charge in [0.15, 0.2) is 10.6 Å². The Kier molecular flexibility index (Phi) is 2.53. The SMILES string of the molecule is Oc1[nH]c(=S)[nH]c1/C=C1\C=Nc2nccc(Cl)c21. The highest BCUT2D eigenvalue weighted by Crippen LogP contribution is 2.36. The molecule has 0 radical (unpaired) electrons. The molecule has 2 aromatic rings. The average Bonchev–Trinajstić information content (AvgIpc) is 2.85. The Bertz CT molecular complexity index is 744. The normalized spacial score (nSPS) is 15.3. The molecule has 1 aliphatic rings. The van der Waals surface area contributed by atoms with Crippen LogP contribution in [-0.4, -0.2) is 26.3 Å². The monoisotopic (exact) mass is 278 g/mol. The predicted octanol–water partition coefficient (Wildman–Crippen LogP) is 3.08. The van der Waals surface area contributed by atoms with Crippen molar-refractivity contribution in [2.45, 2.75) is 0 Å². The van der Waals surface area contributed by atoms with E-state index in [4.69, 9.17) is 23.8 Å². The van der Waals surface area contributed by atoms with Gasteiger partial charge in [-0.3, -0.25) is 0 Å². The molecule has 0 unspecified atom stereocenters. The highest BCUT2D eigenvalue weighted by atomic mass is 35.5.